The number of hydrogen-bond acceptors (Lipinski definition) is 5. The van der Waals surface area contributed by atoms with Crippen molar-refractivity contribution in [1.82, 2.24) is 14.9 Å². The lowest BCUT2D eigenvalue weighted by Crippen LogP contribution is -2.52. The summed E-state index contributed by atoms with van der Waals surface area (Å²) >= 11 is 1.63. The van der Waals surface area contributed by atoms with Crippen molar-refractivity contribution in [1.29, 1.82) is 0 Å². The lowest BCUT2D eigenvalue weighted by molar-refractivity contribution is -0.132. The number of piperidine rings is 1. The van der Waals surface area contributed by atoms with Crippen molar-refractivity contribution < 1.29 is 4.79 Å². The fraction of sp³-hybridized carbons (Fsp3) is 0.562. The summed E-state index contributed by atoms with van der Waals surface area (Å²) in [6, 6.07) is 2.37. The van der Waals surface area contributed by atoms with Crippen molar-refractivity contribution in [3.05, 3.63) is 17.8 Å². The minimum Gasteiger partial charge on any atom is -0.354 e. The van der Waals surface area contributed by atoms with Gasteiger partial charge in [-0.1, -0.05) is 13.8 Å². The Bertz CT molecular complexity index is 671. The summed E-state index contributed by atoms with van der Waals surface area (Å²) in [5.41, 5.74) is 0. The van der Waals surface area contributed by atoms with Crippen molar-refractivity contribution in [2.75, 3.05) is 25.0 Å². The summed E-state index contributed by atoms with van der Waals surface area (Å²) in [5.74, 6) is 1.75. The lowest BCUT2D eigenvalue weighted by Gasteiger charge is -2.42. The highest BCUT2D eigenvalue weighted by Gasteiger charge is 2.32. The molecule has 1 aliphatic rings. The minimum atomic E-state index is 0.244. The normalized spacial score (nSPS) is 22.0. The molecule has 1 amide bonds. The molecule has 6 heteroatoms. The lowest BCUT2D eigenvalue weighted by atomic mass is 9.92. The molecule has 3 heterocycles. The molecule has 0 aliphatic carbocycles. The van der Waals surface area contributed by atoms with Gasteiger partial charge in [0.15, 0.2) is 0 Å². The average molecular weight is 318 g/mol. The molecule has 3 rings (SSSR count). The summed E-state index contributed by atoms with van der Waals surface area (Å²) in [4.78, 5) is 26.1. The van der Waals surface area contributed by atoms with Crippen LogP contribution in [0.4, 0.5) is 5.82 Å². The SMILES string of the molecule is CCC(=O)N1CC[C@@H](C)[C@@H](N(C)c2ncnc3sccc23)C1. The van der Waals surface area contributed by atoms with Crippen LogP contribution in [-0.4, -0.2) is 47.0 Å². The van der Waals surface area contributed by atoms with Crippen LogP contribution in [-0.2, 0) is 4.79 Å². The van der Waals surface area contributed by atoms with Gasteiger partial charge < -0.3 is 9.80 Å². The van der Waals surface area contributed by atoms with Gasteiger partial charge in [0.2, 0.25) is 5.91 Å². The fourth-order valence-electron chi connectivity index (χ4n) is 3.22. The highest BCUT2D eigenvalue weighted by Crippen LogP contribution is 2.30. The van der Waals surface area contributed by atoms with E-state index in [1.807, 2.05) is 17.2 Å². The van der Waals surface area contributed by atoms with Gasteiger partial charge in [0, 0.05) is 26.6 Å². The van der Waals surface area contributed by atoms with Crippen LogP contribution < -0.4 is 4.90 Å². The number of aromatic nitrogens is 2. The highest BCUT2D eigenvalue weighted by atomic mass is 32.1. The first-order valence-electron chi connectivity index (χ1n) is 7.80. The Kier molecular flexibility index (Phi) is 4.29. The molecular weight excluding hydrogens is 296 g/mol. The van der Waals surface area contributed by atoms with E-state index < -0.39 is 0 Å². The number of likely N-dealkylation sites (tertiary alicyclic amines) is 1. The predicted octanol–water partition coefficient (Wildman–Crippen LogP) is 2.77. The molecule has 22 heavy (non-hydrogen) atoms. The number of likely N-dealkylation sites (N-methyl/N-ethyl adjacent to an activating group) is 1. The first-order chi connectivity index (χ1) is 10.6. The Morgan fingerprint density at radius 2 is 2.32 bits per heavy atom. The third-order valence-electron chi connectivity index (χ3n) is 4.65. The molecule has 1 saturated heterocycles. The van der Waals surface area contributed by atoms with Crippen LogP contribution in [0.5, 0.6) is 0 Å². The van der Waals surface area contributed by atoms with Gasteiger partial charge in [-0.2, -0.15) is 0 Å². The van der Waals surface area contributed by atoms with Crippen LogP contribution in [0.2, 0.25) is 0 Å². The number of carbonyl (C=O) groups excluding carboxylic acids is 1. The second-order valence-corrected chi connectivity index (χ2v) is 6.87. The van der Waals surface area contributed by atoms with Crippen LogP contribution in [0.1, 0.15) is 26.7 Å². The summed E-state index contributed by atoms with van der Waals surface area (Å²) in [5, 5.41) is 3.15. The van der Waals surface area contributed by atoms with E-state index in [-0.39, 0.29) is 5.91 Å². The van der Waals surface area contributed by atoms with Crippen molar-refractivity contribution in [3.63, 3.8) is 0 Å². The quantitative estimate of drug-likeness (QED) is 0.873. The van der Waals surface area contributed by atoms with E-state index in [2.05, 4.69) is 34.9 Å². The van der Waals surface area contributed by atoms with E-state index in [4.69, 9.17) is 0 Å². The van der Waals surface area contributed by atoms with Crippen LogP contribution in [0.15, 0.2) is 17.8 Å². The van der Waals surface area contributed by atoms with Gasteiger partial charge in [-0.05, 0) is 23.8 Å². The first-order valence-corrected chi connectivity index (χ1v) is 8.68. The van der Waals surface area contributed by atoms with Gasteiger partial charge in [0.25, 0.3) is 0 Å². The molecular formula is C16H22N4OS. The van der Waals surface area contributed by atoms with Crippen LogP contribution >= 0.6 is 11.3 Å². The topological polar surface area (TPSA) is 49.3 Å². The maximum absolute atomic E-state index is 12.0. The Hall–Kier alpha value is -1.69. The number of carbonyl (C=O) groups is 1. The summed E-state index contributed by atoms with van der Waals surface area (Å²) in [6.07, 6.45) is 3.25. The third kappa shape index (κ3) is 2.67. The largest absolute Gasteiger partial charge is 0.354 e. The molecule has 0 radical (unpaired) electrons. The second-order valence-electron chi connectivity index (χ2n) is 5.97. The molecule has 1 fully saturated rings. The third-order valence-corrected chi connectivity index (χ3v) is 5.47. The Balaban J connectivity index is 1.88. The Labute approximate surface area is 135 Å². The average Bonchev–Trinajstić information content (AvgIpc) is 3.02. The van der Waals surface area contributed by atoms with E-state index in [0.29, 0.717) is 18.4 Å². The number of nitrogens with zero attached hydrogens (tertiary/aromatic N) is 4. The maximum atomic E-state index is 12.0. The molecule has 0 aromatic carbocycles. The summed E-state index contributed by atoms with van der Waals surface area (Å²) in [6.45, 7) is 5.84. The minimum absolute atomic E-state index is 0.244. The number of anilines is 1. The molecule has 2 aromatic rings. The standard InChI is InChI=1S/C16H22N4OS/c1-4-14(21)20-7-5-11(2)13(9-20)19(3)15-12-6-8-22-16(12)18-10-17-15/h6,8,10-11,13H,4-5,7,9H2,1-3H3/t11-,13+/m1/s1. The molecule has 1 aliphatic heterocycles. The van der Waals surface area contributed by atoms with E-state index in [0.717, 1.165) is 35.5 Å². The molecule has 0 spiro atoms. The molecule has 0 unspecified atom stereocenters. The van der Waals surface area contributed by atoms with E-state index >= 15 is 0 Å². The van der Waals surface area contributed by atoms with E-state index in [1.165, 1.54) is 0 Å². The number of fused-ring (bicyclic) bond motifs is 1. The van der Waals surface area contributed by atoms with Crippen LogP contribution in [0.3, 0.4) is 0 Å². The Morgan fingerprint density at radius 3 is 3.09 bits per heavy atom. The zero-order valence-corrected chi connectivity index (χ0v) is 14.1. The van der Waals surface area contributed by atoms with Gasteiger partial charge in [-0.15, -0.1) is 11.3 Å². The van der Waals surface area contributed by atoms with Gasteiger partial charge >= 0.3 is 0 Å². The molecule has 0 bridgehead atoms. The molecule has 2 atom stereocenters. The molecule has 0 saturated carbocycles. The number of thiophene rings is 1. The van der Waals surface area contributed by atoms with Gasteiger partial charge in [-0.3, -0.25) is 4.79 Å². The smallest absolute Gasteiger partial charge is 0.222 e. The fourth-order valence-corrected chi connectivity index (χ4v) is 3.95. The van der Waals surface area contributed by atoms with Gasteiger partial charge in [0.1, 0.15) is 17.0 Å². The highest BCUT2D eigenvalue weighted by molar-refractivity contribution is 7.16. The summed E-state index contributed by atoms with van der Waals surface area (Å²) in [7, 11) is 2.08. The zero-order valence-electron chi connectivity index (χ0n) is 13.3. The molecule has 0 N–H and O–H groups in total. The molecule has 5 nitrogen and oxygen atoms in total. The van der Waals surface area contributed by atoms with Gasteiger partial charge in [-0.25, -0.2) is 9.97 Å². The maximum Gasteiger partial charge on any atom is 0.222 e. The monoisotopic (exact) mass is 318 g/mol. The van der Waals surface area contributed by atoms with E-state index in [1.54, 1.807) is 17.7 Å². The molecule has 118 valence electrons. The van der Waals surface area contributed by atoms with Crippen LogP contribution in [0.25, 0.3) is 10.2 Å². The second kappa shape index (κ2) is 6.20. The zero-order chi connectivity index (χ0) is 15.7. The van der Waals surface area contributed by atoms with E-state index in [9.17, 15) is 4.79 Å². The van der Waals surface area contributed by atoms with Crippen LogP contribution in [0, 0.1) is 5.92 Å². The van der Waals surface area contributed by atoms with Crippen molar-refractivity contribution in [2.24, 2.45) is 5.92 Å². The Morgan fingerprint density at radius 1 is 1.50 bits per heavy atom. The van der Waals surface area contributed by atoms with Crippen molar-refractivity contribution in [3.8, 4) is 0 Å². The summed E-state index contributed by atoms with van der Waals surface area (Å²) < 4.78 is 0. The van der Waals surface area contributed by atoms with Gasteiger partial charge in [0.05, 0.1) is 11.4 Å². The number of hydrogen-bond donors (Lipinski definition) is 0. The predicted molar refractivity (Wildman–Crippen MR) is 90.3 cm³/mol. The number of rotatable bonds is 3. The number of amides is 1. The first kappa shape index (κ1) is 15.2. The van der Waals surface area contributed by atoms with Crippen molar-refractivity contribution >= 4 is 33.3 Å². The van der Waals surface area contributed by atoms with Crippen molar-refractivity contribution in [2.45, 2.75) is 32.7 Å². The molecule has 2 aromatic heterocycles.